The van der Waals surface area contributed by atoms with E-state index in [4.69, 9.17) is 5.26 Å². The zero-order valence-electron chi connectivity index (χ0n) is 10.6. The third kappa shape index (κ3) is 3.46. The standard InChI is InChI=1S/C15H19FN2/c16-14-10-13(11-17)7-8-15(14)18-9-3-6-12-4-1-2-5-12/h7-8,10,12,18H,1-6,9H2. The summed E-state index contributed by atoms with van der Waals surface area (Å²) in [5.74, 6) is 0.549. The van der Waals surface area contributed by atoms with Crippen LogP contribution in [0.15, 0.2) is 18.2 Å². The zero-order valence-corrected chi connectivity index (χ0v) is 10.6. The fraction of sp³-hybridized carbons (Fsp3) is 0.533. The fourth-order valence-corrected chi connectivity index (χ4v) is 2.64. The van der Waals surface area contributed by atoms with E-state index in [2.05, 4.69) is 5.32 Å². The molecule has 2 rings (SSSR count). The van der Waals surface area contributed by atoms with E-state index >= 15 is 0 Å². The van der Waals surface area contributed by atoms with Crippen molar-refractivity contribution in [3.8, 4) is 6.07 Å². The molecule has 0 radical (unpaired) electrons. The van der Waals surface area contributed by atoms with E-state index in [-0.39, 0.29) is 5.82 Å². The summed E-state index contributed by atoms with van der Waals surface area (Å²) in [5.41, 5.74) is 0.865. The van der Waals surface area contributed by atoms with Crippen LogP contribution in [0.3, 0.4) is 0 Å². The number of hydrogen-bond acceptors (Lipinski definition) is 2. The molecule has 18 heavy (non-hydrogen) atoms. The molecule has 1 saturated carbocycles. The topological polar surface area (TPSA) is 35.8 Å². The van der Waals surface area contributed by atoms with Crippen LogP contribution in [0.1, 0.15) is 44.1 Å². The van der Waals surface area contributed by atoms with Crippen molar-refractivity contribution in [3.63, 3.8) is 0 Å². The summed E-state index contributed by atoms with van der Waals surface area (Å²) < 4.78 is 13.6. The molecular formula is C15H19FN2. The second-order valence-electron chi connectivity index (χ2n) is 5.03. The minimum atomic E-state index is -0.338. The third-order valence-corrected chi connectivity index (χ3v) is 3.68. The number of nitrogens with one attached hydrogen (secondary N) is 1. The van der Waals surface area contributed by atoms with E-state index in [1.165, 1.54) is 38.2 Å². The van der Waals surface area contributed by atoms with Crippen molar-refractivity contribution >= 4 is 5.69 Å². The number of halogens is 1. The molecule has 0 spiro atoms. The van der Waals surface area contributed by atoms with E-state index in [0.29, 0.717) is 11.3 Å². The summed E-state index contributed by atoms with van der Waals surface area (Å²) >= 11 is 0. The summed E-state index contributed by atoms with van der Waals surface area (Å²) in [5, 5.41) is 11.8. The number of nitrogens with zero attached hydrogens (tertiary/aromatic N) is 1. The van der Waals surface area contributed by atoms with Gasteiger partial charge in [0.1, 0.15) is 5.82 Å². The molecule has 96 valence electrons. The Morgan fingerprint density at radius 2 is 2.11 bits per heavy atom. The van der Waals surface area contributed by atoms with Crippen LogP contribution < -0.4 is 5.32 Å². The average Bonchev–Trinajstić information content (AvgIpc) is 2.89. The van der Waals surface area contributed by atoms with Gasteiger partial charge in [-0.1, -0.05) is 25.7 Å². The third-order valence-electron chi connectivity index (χ3n) is 3.68. The van der Waals surface area contributed by atoms with Gasteiger partial charge < -0.3 is 5.32 Å². The minimum Gasteiger partial charge on any atom is -0.383 e. The van der Waals surface area contributed by atoms with Gasteiger partial charge in [0.2, 0.25) is 0 Å². The van der Waals surface area contributed by atoms with Gasteiger partial charge in [0.25, 0.3) is 0 Å². The highest BCUT2D eigenvalue weighted by atomic mass is 19.1. The number of hydrogen-bond donors (Lipinski definition) is 1. The summed E-state index contributed by atoms with van der Waals surface area (Å²) in [6.07, 6.45) is 7.82. The first-order chi connectivity index (χ1) is 8.79. The van der Waals surface area contributed by atoms with Gasteiger partial charge >= 0.3 is 0 Å². The lowest BCUT2D eigenvalue weighted by Gasteiger charge is -2.10. The molecule has 2 nitrogen and oxygen atoms in total. The van der Waals surface area contributed by atoms with Crippen LogP contribution >= 0.6 is 0 Å². The molecule has 1 aliphatic carbocycles. The van der Waals surface area contributed by atoms with Gasteiger partial charge in [0, 0.05) is 6.54 Å². The van der Waals surface area contributed by atoms with Crippen LogP contribution in [-0.2, 0) is 0 Å². The zero-order chi connectivity index (χ0) is 12.8. The van der Waals surface area contributed by atoms with Gasteiger partial charge in [-0.15, -0.1) is 0 Å². The Bertz CT molecular complexity index is 431. The normalized spacial score (nSPS) is 15.6. The van der Waals surface area contributed by atoms with E-state index in [1.807, 2.05) is 6.07 Å². The Balaban J connectivity index is 1.74. The molecule has 0 aliphatic heterocycles. The van der Waals surface area contributed by atoms with Crippen molar-refractivity contribution in [2.75, 3.05) is 11.9 Å². The maximum atomic E-state index is 13.6. The minimum absolute atomic E-state index is 0.338. The summed E-state index contributed by atoms with van der Waals surface area (Å²) in [6, 6.07) is 6.49. The van der Waals surface area contributed by atoms with Gasteiger partial charge in [-0.3, -0.25) is 0 Å². The maximum absolute atomic E-state index is 13.6. The SMILES string of the molecule is N#Cc1ccc(NCCCC2CCCC2)c(F)c1. The Labute approximate surface area is 108 Å². The van der Waals surface area contributed by atoms with Crippen molar-refractivity contribution in [1.82, 2.24) is 0 Å². The predicted molar refractivity (Wildman–Crippen MR) is 70.8 cm³/mol. The van der Waals surface area contributed by atoms with Crippen molar-refractivity contribution in [2.45, 2.75) is 38.5 Å². The fourth-order valence-electron chi connectivity index (χ4n) is 2.64. The largest absolute Gasteiger partial charge is 0.383 e. The van der Waals surface area contributed by atoms with Crippen molar-refractivity contribution < 1.29 is 4.39 Å². The van der Waals surface area contributed by atoms with Crippen molar-refractivity contribution in [3.05, 3.63) is 29.6 Å². The lowest BCUT2D eigenvalue weighted by Crippen LogP contribution is -2.05. The molecule has 0 bridgehead atoms. The highest BCUT2D eigenvalue weighted by Gasteiger charge is 2.14. The number of nitriles is 1. The van der Waals surface area contributed by atoms with Gasteiger partial charge in [-0.05, 0) is 37.0 Å². The molecule has 1 aromatic carbocycles. The Hall–Kier alpha value is -1.56. The molecule has 1 fully saturated rings. The van der Waals surface area contributed by atoms with Crippen LogP contribution in [0.2, 0.25) is 0 Å². The van der Waals surface area contributed by atoms with Crippen molar-refractivity contribution in [1.29, 1.82) is 5.26 Å². The summed E-state index contributed by atoms with van der Waals surface area (Å²) in [6.45, 7) is 0.805. The van der Waals surface area contributed by atoms with E-state index in [9.17, 15) is 4.39 Å². The summed E-state index contributed by atoms with van der Waals surface area (Å²) in [7, 11) is 0. The van der Waals surface area contributed by atoms with Gasteiger partial charge in [-0.2, -0.15) is 5.26 Å². The Morgan fingerprint density at radius 1 is 1.33 bits per heavy atom. The molecule has 1 aromatic rings. The highest BCUT2D eigenvalue weighted by Crippen LogP contribution is 2.28. The van der Waals surface area contributed by atoms with E-state index < -0.39 is 0 Å². The van der Waals surface area contributed by atoms with Crippen LogP contribution in [0.25, 0.3) is 0 Å². The number of rotatable bonds is 5. The Morgan fingerprint density at radius 3 is 2.78 bits per heavy atom. The molecule has 0 amide bonds. The van der Waals surface area contributed by atoms with Gasteiger partial charge in [0.05, 0.1) is 17.3 Å². The second-order valence-corrected chi connectivity index (χ2v) is 5.03. The number of anilines is 1. The molecule has 0 atom stereocenters. The average molecular weight is 246 g/mol. The predicted octanol–water partition coefficient (Wildman–Crippen LogP) is 4.08. The number of benzene rings is 1. The van der Waals surface area contributed by atoms with Crippen LogP contribution in [0, 0.1) is 23.1 Å². The highest BCUT2D eigenvalue weighted by molar-refractivity contribution is 5.48. The monoisotopic (exact) mass is 246 g/mol. The van der Waals surface area contributed by atoms with Crippen LogP contribution in [0.4, 0.5) is 10.1 Å². The summed E-state index contributed by atoms with van der Waals surface area (Å²) in [4.78, 5) is 0. The smallest absolute Gasteiger partial charge is 0.147 e. The lowest BCUT2D eigenvalue weighted by atomic mass is 10.0. The first-order valence-electron chi connectivity index (χ1n) is 6.73. The van der Waals surface area contributed by atoms with E-state index in [1.54, 1.807) is 12.1 Å². The van der Waals surface area contributed by atoms with E-state index in [0.717, 1.165) is 18.9 Å². The quantitative estimate of drug-likeness (QED) is 0.795. The molecule has 3 heteroatoms. The molecule has 0 unspecified atom stereocenters. The maximum Gasteiger partial charge on any atom is 0.147 e. The van der Waals surface area contributed by atoms with Crippen LogP contribution in [0.5, 0.6) is 0 Å². The molecule has 0 heterocycles. The van der Waals surface area contributed by atoms with Gasteiger partial charge in [-0.25, -0.2) is 4.39 Å². The molecule has 1 N–H and O–H groups in total. The van der Waals surface area contributed by atoms with Crippen LogP contribution in [-0.4, -0.2) is 6.54 Å². The molecule has 0 saturated heterocycles. The Kier molecular flexibility index (Phi) is 4.58. The first-order valence-corrected chi connectivity index (χ1v) is 6.73. The molecular weight excluding hydrogens is 227 g/mol. The molecule has 0 aromatic heterocycles. The first kappa shape index (κ1) is 12.9. The lowest BCUT2D eigenvalue weighted by molar-refractivity contribution is 0.491. The molecule has 1 aliphatic rings. The second kappa shape index (κ2) is 6.39. The van der Waals surface area contributed by atoms with Gasteiger partial charge in [0.15, 0.2) is 0 Å². The van der Waals surface area contributed by atoms with Crippen molar-refractivity contribution in [2.24, 2.45) is 5.92 Å².